The van der Waals surface area contributed by atoms with Gasteiger partial charge < -0.3 is 9.64 Å². The highest BCUT2D eigenvalue weighted by atomic mass is 19.1. The molecule has 0 bridgehead atoms. The van der Waals surface area contributed by atoms with Crippen LogP contribution in [0.3, 0.4) is 0 Å². The van der Waals surface area contributed by atoms with E-state index in [9.17, 15) is 14.0 Å². The molecule has 3 aromatic rings. The number of benzene rings is 3. The predicted molar refractivity (Wildman–Crippen MR) is 120 cm³/mol. The van der Waals surface area contributed by atoms with E-state index in [1.54, 1.807) is 21.9 Å². The van der Waals surface area contributed by atoms with Crippen molar-refractivity contribution < 1.29 is 18.7 Å². The summed E-state index contributed by atoms with van der Waals surface area (Å²) in [6.45, 7) is 0.794. The van der Waals surface area contributed by atoms with E-state index in [4.69, 9.17) is 4.74 Å². The molecule has 6 heteroatoms. The molecule has 0 saturated carbocycles. The minimum Gasteiger partial charge on any atom is -0.484 e. The Kier molecular flexibility index (Phi) is 5.13. The zero-order valence-corrected chi connectivity index (χ0v) is 17.5. The van der Waals surface area contributed by atoms with Gasteiger partial charge in [0.2, 0.25) is 5.91 Å². The summed E-state index contributed by atoms with van der Waals surface area (Å²) < 4.78 is 20.6. The van der Waals surface area contributed by atoms with Crippen molar-refractivity contribution in [1.29, 1.82) is 0 Å². The summed E-state index contributed by atoms with van der Waals surface area (Å²) in [4.78, 5) is 29.6. The number of ether oxygens (including phenoxy) is 1. The van der Waals surface area contributed by atoms with Crippen molar-refractivity contribution >= 4 is 23.2 Å². The number of halogens is 1. The number of para-hydroxylation sites is 3. The van der Waals surface area contributed by atoms with E-state index in [2.05, 4.69) is 0 Å². The normalized spacial score (nSPS) is 17.5. The number of nitrogens with zero attached hydrogens (tertiary/aromatic N) is 2. The number of anilines is 2. The summed E-state index contributed by atoms with van der Waals surface area (Å²) in [5, 5.41) is 0. The summed E-state index contributed by atoms with van der Waals surface area (Å²) in [6, 6.07) is 23.1. The number of rotatable bonds is 2. The van der Waals surface area contributed by atoms with Gasteiger partial charge in [-0.3, -0.25) is 14.5 Å². The van der Waals surface area contributed by atoms with Crippen LogP contribution in [0.15, 0.2) is 78.9 Å². The first-order valence-corrected chi connectivity index (χ1v) is 10.8. The Hall–Kier alpha value is -3.67. The van der Waals surface area contributed by atoms with E-state index in [1.807, 2.05) is 54.6 Å². The molecule has 0 atom stereocenters. The molecule has 0 aromatic heterocycles. The van der Waals surface area contributed by atoms with Crippen LogP contribution in [-0.4, -0.2) is 35.4 Å². The lowest BCUT2D eigenvalue weighted by atomic mass is 9.87. The van der Waals surface area contributed by atoms with Gasteiger partial charge in [-0.2, -0.15) is 0 Å². The SMILES string of the molecule is O=C(c1ccccc1F)N1CCC2(CC1)CC(=O)N(c1ccccc1)c1ccccc1O2. The van der Waals surface area contributed by atoms with Gasteiger partial charge in [0.1, 0.15) is 17.2 Å². The van der Waals surface area contributed by atoms with Gasteiger partial charge in [0, 0.05) is 31.6 Å². The summed E-state index contributed by atoms with van der Waals surface area (Å²) >= 11 is 0. The van der Waals surface area contributed by atoms with Crippen LogP contribution in [0.25, 0.3) is 0 Å². The first kappa shape index (κ1) is 20.2. The Bertz CT molecular complexity index is 1160. The van der Waals surface area contributed by atoms with Crippen LogP contribution in [0.1, 0.15) is 29.6 Å². The molecular formula is C26H23FN2O3. The van der Waals surface area contributed by atoms with Crippen LogP contribution < -0.4 is 9.64 Å². The Labute approximate surface area is 186 Å². The van der Waals surface area contributed by atoms with Crippen molar-refractivity contribution in [2.75, 3.05) is 18.0 Å². The van der Waals surface area contributed by atoms with Crippen LogP contribution in [0.2, 0.25) is 0 Å². The van der Waals surface area contributed by atoms with Gasteiger partial charge in [-0.15, -0.1) is 0 Å². The first-order valence-electron chi connectivity index (χ1n) is 10.8. The minimum absolute atomic E-state index is 0.0463. The van der Waals surface area contributed by atoms with Crippen LogP contribution in [0, 0.1) is 5.82 Å². The molecule has 3 aromatic carbocycles. The van der Waals surface area contributed by atoms with E-state index in [-0.39, 0.29) is 23.8 Å². The maximum absolute atomic E-state index is 14.1. The van der Waals surface area contributed by atoms with Crippen molar-refractivity contribution in [2.45, 2.75) is 24.9 Å². The van der Waals surface area contributed by atoms with Gasteiger partial charge in [0.25, 0.3) is 5.91 Å². The maximum atomic E-state index is 14.1. The molecule has 2 amide bonds. The molecule has 2 aliphatic rings. The smallest absolute Gasteiger partial charge is 0.256 e. The third kappa shape index (κ3) is 3.62. The Morgan fingerprint density at radius 2 is 1.53 bits per heavy atom. The second-order valence-electron chi connectivity index (χ2n) is 8.27. The minimum atomic E-state index is -0.706. The zero-order chi connectivity index (χ0) is 22.1. The maximum Gasteiger partial charge on any atom is 0.256 e. The Morgan fingerprint density at radius 3 is 2.28 bits per heavy atom. The molecule has 0 unspecified atom stereocenters. The van der Waals surface area contributed by atoms with Crippen LogP contribution >= 0.6 is 0 Å². The summed E-state index contributed by atoms with van der Waals surface area (Å²) in [5.41, 5.74) is 0.869. The van der Waals surface area contributed by atoms with Crippen LogP contribution in [0.4, 0.5) is 15.8 Å². The fourth-order valence-electron chi connectivity index (χ4n) is 4.55. The molecule has 5 nitrogen and oxygen atoms in total. The lowest BCUT2D eigenvalue weighted by Gasteiger charge is -2.40. The Balaban J connectivity index is 1.41. The van der Waals surface area contributed by atoms with E-state index < -0.39 is 11.4 Å². The van der Waals surface area contributed by atoms with Gasteiger partial charge in [-0.1, -0.05) is 42.5 Å². The standard InChI is InChI=1S/C26H23FN2O3/c27-21-11-5-4-10-20(21)25(31)28-16-14-26(15-17-28)18-24(30)29(19-8-2-1-3-9-19)22-12-6-7-13-23(22)32-26/h1-13H,14-18H2. The van der Waals surface area contributed by atoms with E-state index in [1.165, 1.54) is 12.1 Å². The fourth-order valence-corrected chi connectivity index (χ4v) is 4.55. The number of likely N-dealkylation sites (tertiary alicyclic amines) is 1. The molecule has 32 heavy (non-hydrogen) atoms. The largest absolute Gasteiger partial charge is 0.484 e. The Morgan fingerprint density at radius 1 is 0.875 bits per heavy atom. The van der Waals surface area contributed by atoms with Crippen molar-refractivity contribution in [3.8, 4) is 5.75 Å². The van der Waals surface area contributed by atoms with Crippen molar-refractivity contribution in [1.82, 2.24) is 4.90 Å². The van der Waals surface area contributed by atoms with Crippen LogP contribution in [0.5, 0.6) is 5.75 Å². The second kappa shape index (κ2) is 8.11. The molecule has 0 aliphatic carbocycles. The van der Waals surface area contributed by atoms with Gasteiger partial charge in [-0.05, 0) is 36.4 Å². The molecule has 1 saturated heterocycles. The number of hydrogen-bond donors (Lipinski definition) is 0. The lowest BCUT2D eigenvalue weighted by molar-refractivity contribution is -0.122. The molecule has 2 heterocycles. The molecule has 162 valence electrons. The highest BCUT2D eigenvalue weighted by Gasteiger charge is 2.44. The van der Waals surface area contributed by atoms with Crippen molar-refractivity contribution in [2.24, 2.45) is 0 Å². The highest BCUT2D eigenvalue weighted by Crippen LogP contribution is 2.43. The topological polar surface area (TPSA) is 49.9 Å². The molecule has 0 radical (unpaired) electrons. The van der Waals surface area contributed by atoms with E-state index >= 15 is 0 Å². The second-order valence-corrected chi connectivity index (χ2v) is 8.27. The average molecular weight is 430 g/mol. The highest BCUT2D eigenvalue weighted by molar-refractivity contribution is 6.03. The number of fused-ring (bicyclic) bond motifs is 1. The first-order chi connectivity index (χ1) is 15.6. The molecular weight excluding hydrogens is 407 g/mol. The van der Waals surface area contributed by atoms with Gasteiger partial charge in [0.15, 0.2) is 0 Å². The van der Waals surface area contributed by atoms with Crippen molar-refractivity contribution in [3.05, 3.63) is 90.2 Å². The summed E-state index contributed by atoms with van der Waals surface area (Å²) in [6.07, 6.45) is 1.20. The van der Waals surface area contributed by atoms with E-state index in [0.29, 0.717) is 37.4 Å². The molecule has 1 spiro atoms. The van der Waals surface area contributed by atoms with Gasteiger partial charge in [-0.25, -0.2) is 4.39 Å². The third-order valence-electron chi connectivity index (χ3n) is 6.24. The molecule has 1 fully saturated rings. The third-order valence-corrected chi connectivity index (χ3v) is 6.24. The van der Waals surface area contributed by atoms with Crippen LogP contribution in [-0.2, 0) is 4.79 Å². The quantitative estimate of drug-likeness (QED) is 0.578. The number of hydrogen-bond acceptors (Lipinski definition) is 3. The summed E-state index contributed by atoms with van der Waals surface area (Å²) in [7, 11) is 0. The molecule has 0 N–H and O–H groups in total. The van der Waals surface area contributed by atoms with Gasteiger partial charge >= 0.3 is 0 Å². The lowest BCUT2D eigenvalue weighted by Crippen LogP contribution is -2.51. The van der Waals surface area contributed by atoms with Crippen molar-refractivity contribution in [3.63, 3.8) is 0 Å². The number of amides is 2. The van der Waals surface area contributed by atoms with Gasteiger partial charge in [0.05, 0.1) is 17.7 Å². The average Bonchev–Trinajstić information content (AvgIpc) is 2.93. The zero-order valence-electron chi connectivity index (χ0n) is 17.5. The monoisotopic (exact) mass is 430 g/mol. The number of carbonyl (C=O) groups excluding carboxylic acids is 2. The molecule has 5 rings (SSSR count). The summed E-state index contributed by atoms with van der Waals surface area (Å²) in [5.74, 6) is -0.249. The molecule has 2 aliphatic heterocycles. The van der Waals surface area contributed by atoms with E-state index in [0.717, 1.165) is 5.69 Å². The predicted octanol–water partition coefficient (Wildman–Crippen LogP) is 4.95. The number of piperidine rings is 1. The fraction of sp³-hybridized carbons (Fsp3) is 0.231. The number of carbonyl (C=O) groups is 2.